The van der Waals surface area contributed by atoms with Gasteiger partial charge >= 0.3 is 0 Å². The van der Waals surface area contributed by atoms with Gasteiger partial charge < -0.3 is 16.2 Å². The predicted octanol–water partition coefficient (Wildman–Crippen LogP) is 0.348. The van der Waals surface area contributed by atoms with Crippen molar-refractivity contribution < 1.29 is 18.3 Å². The zero-order valence-electron chi connectivity index (χ0n) is 9.59. The normalized spacial score (nSPS) is 21.7. The third kappa shape index (κ3) is 2.73. The van der Waals surface area contributed by atoms with E-state index in [0.29, 0.717) is 12.1 Å². The molecule has 0 aliphatic carbocycles. The molecule has 1 heterocycles. The fraction of sp³-hybridized carbons (Fsp3) is 0.364. The standard InChI is InChI=1S/C11H14N2O4S/c12-9-5-8(14)1-2-10(9)13-11(15)7-3-4-18(16,17)6-7/h1-2,5,7,14H,3-4,6,12H2,(H,13,15). The van der Waals surface area contributed by atoms with Crippen molar-refractivity contribution in [2.45, 2.75) is 6.42 Å². The average Bonchev–Trinajstić information content (AvgIpc) is 2.63. The molecule has 0 spiro atoms. The molecule has 0 saturated carbocycles. The van der Waals surface area contributed by atoms with Gasteiger partial charge in [-0.2, -0.15) is 0 Å². The lowest BCUT2D eigenvalue weighted by atomic mass is 10.1. The highest BCUT2D eigenvalue weighted by Gasteiger charge is 2.33. The first-order chi connectivity index (χ1) is 8.37. The summed E-state index contributed by atoms with van der Waals surface area (Å²) < 4.78 is 22.5. The number of carbonyl (C=O) groups is 1. The minimum atomic E-state index is -3.08. The molecule has 1 aliphatic heterocycles. The molecule has 1 saturated heterocycles. The number of nitrogens with one attached hydrogen (secondary N) is 1. The molecule has 18 heavy (non-hydrogen) atoms. The molecule has 4 N–H and O–H groups in total. The van der Waals surface area contributed by atoms with Gasteiger partial charge in [-0.05, 0) is 18.6 Å². The lowest BCUT2D eigenvalue weighted by Crippen LogP contribution is -2.24. The number of phenolic OH excluding ortho intramolecular Hbond substituents is 1. The van der Waals surface area contributed by atoms with Crippen molar-refractivity contribution in [2.24, 2.45) is 5.92 Å². The number of amides is 1. The van der Waals surface area contributed by atoms with Gasteiger partial charge in [-0.1, -0.05) is 0 Å². The van der Waals surface area contributed by atoms with Gasteiger partial charge in [0.05, 0.1) is 28.8 Å². The fourth-order valence-electron chi connectivity index (χ4n) is 1.90. The van der Waals surface area contributed by atoms with Gasteiger partial charge in [-0.15, -0.1) is 0 Å². The Morgan fingerprint density at radius 2 is 2.17 bits per heavy atom. The number of benzene rings is 1. The summed E-state index contributed by atoms with van der Waals surface area (Å²) in [7, 11) is -3.08. The summed E-state index contributed by atoms with van der Waals surface area (Å²) in [4.78, 5) is 11.8. The van der Waals surface area contributed by atoms with Crippen molar-refractivity contribution in [3.8, 4) is 5.75 Å². The Labute approximate surface area is 105 Å². The van der Waals surface area contributed by atoms with Crippen molar-refractivity contribution in [1.82, 2.24) is 0 Å². The summed E-state index contributed by atoms with van der Waals surface area (Å²) in [6.07, 6.45) is 0.339. The summed E-state index contributed by atoms with van der Waals surface area (Å²) in [5.74, 6) is -0.932. The van der Waals surface area contributed by atoms with E-state index in [2.05, 4.69) is 5.32 Å². The molecule has 0 bridgehead atoms. The van der Waals surface area contributed by atoms with Crippen LogP contribution in [0.2, 0.25) is 0 Å². The molecule has 1 unspecified atom stereocenters. The highest BCUT2D eigenvalue weighted by molar-refractivity contribution is 7.91. The highest BCUT2D eigenvalue weighted by Crippen LogP contribution is 2.25. The molecule has 1 fully saturated rings. The third-order valence-corrected chi connectivity index (χ3v) is 4.66. The Balaban J connectivity index is 2.08. The minimum Gasteiger partial charge on any atom is -0.508 e. The van der Waals surface area contributed by atoms with E-state index < -0.39 is 15.8 Å². The largest absolute Gasteiger partial charge is 0.508 e. The number of nitrogen functional groups attached to an aromatic ring is 1. The molecule has 1 aliphatic rings. The summed E-state index contributed by atoms with van der Waals surface area (Å²) in [5.41, 5.74) is 6.25. The SMILES string of the molecule is Nc1cc(O)ccc1NC(=O)C1CCS(=O)(=O)C1. The molecule has 6 nitrogen and oxygen atoms in total. The number of phenols is 1. The average molecular weight is 270 g/mol. The Morgan fingerprint density at radius 3 is 2.72 bits per heavy atom. The summed E-state index contributed by atoms with van der Waals surface area (Å²) in [5, 5.41) is 11.8. The molecule has 98 valence electrons. The smallest absolute Gasteiger partial charge is 0.228 e. The van der Waals surface area contributed by atoms with Crippen LogP contribution in [0.4, 0.5) is 11.4 Å². The third-order valence-electron chi connectivity index (χ3n) is 2.90. The lowest BCUT2D eigenvalue weighted by molar-refractivity contribution is -0.119. The van der Waals surface area contributed by atoms with Crippen LogP contribution in [0.3, 0.4) is 0 Å². The number of sulfone groups is 1. The molecular weight excluding hydrogens is 256 g/mol. The number of carbonyl (C=O) groups excluding carboxylic acids is 1. The van der Waals surface area contributed by atoms with Crippen LogP contribution < -0.4 is 11.1 Å². The molecule has 0 radical (unpaired) electrons. The van der Waals surface area contributed by atoms with E-state index in [9.17, 15) is 18.3 Å². The van der Waals surface area contributed by atoms with E-state index in [1.54, 1.807) is 0 Å². The van der Waals surface area contributed by atoms with Crippen molar-refractivity contribution in [3.63, 3.8) is 0 Å². The first-order valence-corrected chi connectivity index (χ1v) is 7.29. The van der Waals surface area contributed by atoms with Gasteiger partial charge in [0.2, 0.25) is 5.91 Å². The van der Waals surface area contributed by atoms with Crippen LogP contribution in [-0.4, -0.2) is 30.9 Å². The minimum absolute atomic E-state index is 0.00828. The maximum atomic E-state index is 11.8. The van der Waals surface area contributed by atoms with Crippen molar-refractivity contribution in [3.05, 3.63) is 18.2 Å². The molecule has 1 amide bonds. The number of hydrogen-bond donors (Lipinski definition) is 3. The monoisotopic (exact) mass is 270 g/mol. The van der Waals surface area contributed by atoms with E-state index in [-0.39, 0.29) is 28.8 Å². The molecular formula is C11H14N2O4S. The van der Waals surface area contributed by atoms with Gasteiger partial charge in [0.25, 0.3) is 0 Å². The van der Waals surface area contributed by atoms with Gasteiger partial charge in [-0.25, -0.2) is 8.42 Å². The topological polar surface area (TPSA) is 109 Å². The van der Waals surface area contributed by atoms with E-state index in [0.717, 1.165) is 0 Å². The predicted molar refractivity (Wildman–Crippen MR) is 67.9 cm³/mol. The first kappa shape index (κ1) is 12.7. The molecule has 1 aromatic carbocycles. The Kier molecular flexibility index (Phi) is 3.16. The maximum Gasteiger partial charge on any atom is 0.228 e. The number of hydrogen-bond acceptors (Lipinski definition) is 5. The zero-order valence-corrected chi connectivity index (χ0v) is 10.4. The van der Waals surface area contributed by atoms with Crippen LogP contribution in [0, 0.1) is 5.92 Å². The lowest BCUT2D eigenvalue weighted by Gasteiger charge is -2.11. The van der Waals surface area contributed by atoms with Crippen LogP contribution in [0.1, 0.15) is 6.42 Å². The summed E-state index contributed by atoms with van der Waals surface area (Å²) in [6.45, 7) is 0. The van der Waals surface area contributed by atoms with Gasteiger partial charge in [-0.3, -0.25) is 4.79 Å². The van der Waals surface area contributed by atoms with Crippen LogP contribution in [-0.2, 0) is 14.6 Å². The second-order valence-electron chi connectivity index (χ2n) is 4.36. The summed E-state index contributed by atoms with van der Waals surface area (Å²) in [6, 6.07) is 4.20. The fourth-order valence-corrected chi connectivity index (χ4v) is 3.64. The molecule has 7 heteroatoms. The van der Waals surface area contributed by atoms with Crippen LogP contribution in [0.15, 0.2) is 18.2 Å². The second kappa shape index (κ2) is 4.49. The van der Waals surface area contributed by atoms with Gasteiger partial charge in [0.15, 0.2) is 9.84 Å². The number of rotatable bonds is 2. The Bertz CT molecular complexity index is 583. The maximum absolute atomic E-state index is 11.8. The van der Waals surface area contributed by atoms with Crippen molar-refractivity contribution in [1.29, 1.82) is 0 Å². The molecule has 1 atom stereocenters. The van der Waals surface area contributed by atoms with Crippen LogP contribution in [0.5, 0.6) is 5.75 Å². The number of anilines is 2. The van der Waals surface area contributed by atoms with E-state index >= 15 is 0 Å². The molecule has 2 rings (SSSR count). The molecule has 1 aromatic rings. The van der Waals surface area contributed by atoms with Gasteiger partial charge in [0.1, 0.15) is 5.75 Å². The van der Waals surface area contributed by atoms with E-state index in [4.69, 9.17) is 5.73 Å². The van der Waals surface area contributed by atoms with Crippen molar-refractivity contribution >= 4 is 27.1 Å². The summed E-state index contributed by atoms with van der Waals surface area (Å²) >= 11 is 0. The second-order valence-corrected chi connectivity index (χ2v) is 6.59. The number of nitrogens with two attached hydrogens (primary N) is 1. The van der Waals surface area contributed by atoms with Gasteiger partial charge in [0, 0.05) is 6.07 Å². The van der Waals surface area contributed by atoms with E-state index in [1.807, 2.05) is 0 Å². The first-order valence-electron chi connectivity index (χ1n) is 5.47. The van der Waals surface area contributed by atoms with E-state index in [1.165, 1.54) is 18.2 Å². The Morgan fingerprint density at radius 1 is 1.44 bits per heavy atom. The zero-order chi connectivity index (χ0) is 13.3. The van der Waals surface area contributed by atoms with Crippen LogP contribution in [0.25, 0.3) is 0 Å². The Hall–Kier alpha value is -1.76. The van der Waals surface area contributed by atoms with Crippen LogP contribution >= 0.6 is 0 Å². The molecule has 0 aromatic heterocycles. The highest BCUT2D eigenvalue weighted by atomic mass is 32.2. The quantitative estimate of drug-likeness (QED) is 0.530. The van der Waals surface area contributed by atoms with Crippen molar-refractivity contribution in [2.75, 3.05) is 22.6 Å². The number of aromatic hydroxyl groups is 1.